The molecule has 0 aliphatic carbocycles. The first-order valence-electron chi connectivity index (χ1n) is 2.05. The van der Waals surface area contributed by atoms with Crippen LogP contribution in [0.4, 0.5) is 0 Å². The number of hydroxylamine groups is 2. The summed E-state index contributed by atoms with van der Waals surface area (Å²) in [4.78, 5) is 8.47. The van der Waals surface area contributed by atoms with E-state index in [1.807, 2.05) is 0 Å². The Hall–Kier alpha value is -0.580. The Bertz CT molecular complexity index is 64.3. The Morgan fingerprint density at radius 1 is 1.50 bits per heavy atom. The second-order valence-corrected chi connectivity index (χ2v) is 1.22. The summed E-state index contributed by atoms with van der Waals surface area (Å²) >= 11 is 0. The highest BCUT2D eigenvalue weighted by atomic mass is 17.5. The lowest BCUT2D eigenvalue weighted by atomic mass is 11.2. The van der Waals surface area contributed by atoms with Crippen molar-refractivity contribution in [2.75, 3.05) is 14.1 Å². The lowest BCUT2D eigenvalue weighted by Crippen LogP contribution is -2.11. The molecule has 0 heterocycles. The van der Waals surface area contributed by atoms with Crippen LogP contribution in [0.3, 0.4) is 0 Å². The van der Waals surface area contributed by atoms with Crippen molar-refractivity contribution >= 4 is 0 Å². The SMILES string of the molecule is C=COOON(C)C. The van der Waals surface area contributed by atoms with Crippen LogP contribution in [0.1, 0.15) is 0 Å². The first-order valence-corrected chi connectivity index (χ1v) is 2.05. The number of nitrogens with zero attached hydrogens (tertiary/aromatic N) is 1. The summed E-state index contributed by atoms with van der Waals surface area (Å²) in [6.45, 7) is 3.21. The maximum atomic E-state index is 4.32. The van der Waals surface area contributed by atoms with E-state index in [-0.39, 0.29) is 0 Å². The highest BCUT2D eigenvalue weighted by Gasteiger charge is 1.85. The molecule has 0 bridgehead atoms. The normalized spacial score (nSPS) is 9.38. The van der Waals surface area contributed by atoms with E-state index < -0.39 is 0 Å². The van der Waals surface area contributed by atoms with Crippen LogP contribution in [-0.4, -0.2) is 19.2 Å². The van der Waals surface area contributed by atoms with Crippen molar-refractivity contribution < 1.29 is 14.9 Å². The molecule has 0 atom stereocenters. The van der Waals surface area contributed by atoms with E-state index in [4.69, 9.17) is 0 Å². The van der Waals surface area contributed by atoms with Gasteiger partial charge >= 0.3 is 0 Å². The number of rotatable bonds is 4. The molecule has 0 aromatic rings. The lowest BCUT2D eigenvalue weighted by Gasteiger charge is -2.04. The molecule has 0 fully saturated rings. The Kier molecular flexibility index (Phi) is 4.24. The molecule has 4 heteroatoms. The fourth-order valence-electron chi connectivity index (χ4n) is 0.106. The number of hydrogen-bond donors (Lipinski definition) is 0. The maximum absolute atomic E-state index is 4.32. The molecule has 0 radical (unpaired) electrons. The molecular weight excluding hydrogens is 110 g/mol. The Morgan fingerprint density at radius 2 is 2.12 bits per heavy atom. The molecule has 8 heavy (non-hydrogen) atoms. The largest absolute Gasteiger partial charge is 0.316 e. The van der Waals surface area contributed by atoms with Gasteiger partial charge in [0.15, 0.2) is 0 Å². The molecule has 0 unspecified atom stereocenters. The van der Waals surface area contributed by atoms with Crippen LogP contribution in [0.25, 0.3) is 0 Å². The first-order chi connectivity index (χ1) is 3.77. The van der Waals surface area contributed by atoms with Crippen molar-refractivity contribution in [2.24, 2.45) is 0 Å². The van der Waals surface area contributed by atoms with Crippen LogP contribution in [0.2, 0.25) is 0 Å². The maximum Gasteiger partial charge on any atom is 0.125 e. The van der Waals surface area contributed by atoms with Crippen LogP contribution in [0, 0.1) is 0 Å². The van der Waals surface area contributed by atoms with E-state index in [2.05, 4.69) is 21.5 Å². The standard InChI is InChI=1S/C4H9NO3/c1-4-6-8-7-5(2)3/h4H,1H2,2-3H3. The van der Waals surface area contributed by atoms with Crippen molar-refractivity contribution in [1.29, 1.82) is 0 Å². The van der Waals surface area contributed by atoms with Crippen molar-refractivity contribution in [3.8, 4) is 0 Å². The van der Waals surface area contributed by atoms with Crippen LogP contribution in [0.15, 0.2) is 12.8 Å². The minimum absolute atomic E-state index is 1.11. The highest BCUT2D eigenvalue weighted by Crippen LogP contribution is 1.81. The molecule has 48 valence electrons. The van der Waals surface area contributed by atoms with Gasteiger partial charge in [-0.05, 0) is 0 Å². The molecule has 0 aromatic heterocycles. The van der Waals surface area contributed by atoms with Gasteiger partial charge in [-0.25, -0.2) is 0 Å². The van der Waals surface area contributed by atoms with Gasteiger partial charge in [0, 0.05) is 19.1 Å². The molecule has 0 aliphatic rings. The molecular formula is C4H9NO3. The summed E-state index contributed by atoms with van der Waals surface area (Å²) in [6.07, 6.45) is 1.11. The van der Waals surface area contributed by atoms with Gasteiger partial charge in [0.25, 0.3) is 0 Å². The van der Waals surface area contributed by atoms with E-state index in [1.165, 1.54) is 5.06 Å². The topological polar surface area (TPSA) is 30.9 Å². The minimum Gasteiger partial charge on any atom is -0.316 e. The zero-order chi connectivity index (χ0) is 6.41. The summed E-state index contributed by atoms with van der Waals surface area (Å²) in [6, 6.07) is 0. The lowest BCUT2D eigenvalue weighted by molar-refractivity contribution is -0.556. The van der Waals surface area contributed by atoms with Gasteiger partial charge in [-0.15, -0.1) is 0 Å². The minimum atomic E-state index is 1.11. The fourth-order valence-corrected chi connectivity index (χ4v) is 0.106. The predicted molar refractivity (Wildman–Crippen MR) is 27.1 cm³/mol. The third kappa shape index (κ3) is 5.42. The molecule has 0 aliphatic heterocycles. The van der Waals surface area contributed by atoms with Crippen LogP contribution >= 0.6 is 0 Å². The Labute approximate surface area is 48.1 Å². The molecule has 0 aromatic carbocycles. The van der Waals surface area contributed by atoms with E-state index in [0.717, 1.165) is 6.26 Å². The summed E-state index contributed by atoms with van der Waals surface area (Å²) in [5, 5.41) is 5.39. The quantitative estimate of drug-likeness (QED) is 0.233. The fraction of sp³-hybridized carbons (Fsp3) is 0.500. The van der Waals surface area contributed by atoms with Gasteiger partial charge in [-0.1, -0.05) is 11.6 Å². The number of hydrogen-bond acceptors (Lipinski definition) is 4. The molecule has 0 saturated carbocycles. The van der Waals surface area contributed by atoms with Gasteiger partial charge in [0.1, 0.15) is 6.26 Å². The van der Waals surface area contributed by atoms with E-state index >= 15 is 0 Å². The van der Waals surface area contributed by atoms with Gasteiger partial charge in [-0.3, -0.25) is 0 Å². The average molecular weight is 119 g/mol. The molecule has 0 saturated heterocycles. The monoisotopic (exact) mass is 119 g/mol. The molecule has 0 amide bonds. The summed E-state index contributed by atoms with van der Waals surface area (Å²) < 4.78 is 0. The molecule has 4 nitrogen and oxygen atoms in total. The van der Waals surface area contributed by atoms with Gasteiger partial charge in [0.05, 0.1) is 0 Å². The average Bonchev–Trinajstić information content (AvgIpc) is 1.66. The summed E-state index contributed by atoms with van der Waals surface area (Å²) in [5.74, 6) is 0. The molecule has 0 rings (SSSR count). The summed E-state index contributed by atoms with van der Waals surface area (Å²) in [5.41, 5.74) is 0. The van der Waals surface area contributed by atoms with Crippen LogP contribution in [-0.2, 0) is 14.9 Å². The molecule has 0 N–H and O–H groups in total. The van der Waals surface area contributed by atoms with Crippen molar-refractivity contribution in [2.45, 2.75) is 0 Å². The van der Waals surface area contributed by atoms with E-state index in [0.29, 0.717) is 0 Å². The van der Waals surface area contributed by atoms with Crippen molar-refractivity contribution in [3.63, 3.8) is 0 Å². The van der Waals surface area contributed by atoms with E-state index in [1.54, 1.807) is 14.1 Å². The zero-order valence-corrected chi connectivity index (χ0v) is 4.96. The van der Waals surface area contributed by atoms with Gasteiger partial charge < -0.3 is 4.89 Å². The second kappa shape index (κ2) is 4.58. The van der Waals surface area contributed by atoms with Crippen LogP contribution < -0.4 is 0 Å². The van der Waals surface area contributed by atoms with E-state index in [9.17, 15) is 0 Å². The third-order valence-corrected chi connectivity index (χ3v) is 0.287. The second-order valence-electron chi connectivity index (χ2n) is 1.22. The highest BCUT2D eigenvalue weighted by molar-refractivity contribution is 4.41. The smallest absolute Gasteiger partial charge is 0.125 e. The van der Waals surface area contributed by atoms with Crippen LogP contribution in [0.5, 0.6) is 0 Å². The Morgan fingerprint density at radius 3 is 2.50 bits per heavy atom. The summed E-state index contributed by atoms with van der Waals surface area (Å²) in [7, 11) is 3.32. The van der Waals surface area contributed by atoms with Gasteiger partial charge in [-0.2, -0.15) is 5.06 Å². The molecule has 0 spiro atoms. The first kappa shape index (κ1) is 7.42. The third-order valence-electron chi connectivity index (χ3n) is 0.287. The van der Waals surface area contributed by atoms with Crippen molar-refractivity contribution in [3.05, 3.63) is 12.8 Å². The predicted octanol–water partition coefficient (Wildman–Crippen LogP) is 0.486. The van der Waals surface area contributed by atoms with Gasteiger partial charge in [0.2, 0.25) is 0 Å². The Balaban J connectivity index is 2.81. The van der Waals surface area contributed by atoms with Crippen molar-refractivity contribution in [1.82, 2.24) is 5.06 Å². The zero-order valence-electron chi connectivity index (χ0n) is 4.96.